The summed E-state index contributed by atoms with van der Waals surface area (Å²) in [4.78, 5) is 29.9. The largest absolute Gasteiger partial charge is 0.493 e. The van der Waals surface area contributed by atoms with Gasteiger partial charge in [0.2, 0.25) is 11.5 Å². The third-order valence-corrected chi connectivity index (χ3v) is 8.19. The van der Waals surface area contributed by atoms with Gasteiger partial charge in [-0.15, -0.1) is 0 Å². The molecule has 0 spiro atoms. The van der Waals surface area contributed by atoms with E-state index in [4.69, 9.17) is 33.2 Å². The molecule has 0 aromatic heterocycles. The van der Waals surface area contributed by atoms with E-state index in [0.29, 0.717) is 91.9 Å². The SMILES string of the molecule is COc1cc(C(=O)N[C@@H]2CCCOc3cc(cc(OC)c3OC)C(=O)OCCCN3CCN(CC2)CC(F)(F)C3)cc(OC)c1OC. The summed E-state index contributed by atoms with van der Waals surface area (Å²) in [6, 6.07) is 5.79. The van der Waals surface area contributed by atoms with Crippen LogP contribution in [-0.4, -0.2) is 122 Å². The van der Waals surface area contributed by atoms with Crippen molar-refractivity contribution in [3.05, 3.63) is 35.4 Å². The van der Waals surface area contributed by atoms with Gasteiger partial charge in [-0.05, 0) is 49.9 Å². The molecule has 2 heterocycles. The molecule has 2 aliphatic rings. The number of fused-ring (bicyclic) bond motifs is 5. The number of cyclic esters (lactones) is 1. The van der Waals surface area contributed by atoms with Crippen molar-refractivity contribution in [3.63, 3.8) is 0 Å². The lowest BCUT2D eigenvalue weighted by Crippen LogP contribution is -2.42. The lowest BCUT2D eigenvalue weighted by atomic mass is 10.1. The molecule has 1 saturated heterocycles. The number of methoxy groups -OCH3 is 5. The molecule has 47 heavy (non-hydrogen) atoms. The Morgan fingerprint density at radius 1 is 0.766 bits per heavy atom. The number of rotatable bonds is 7. The summed E-state index contributed by atoms with van der Waals surface area (Å²) in [6.45, 7) is 1.12. The van der Waals surface area contributed by atoms with Crippen molar-refractivity contribution >= 4 is 11.9 Å². The normalized spacial score (nSPS) is 22.2. The first kappa shape index (κ1) is 35.8. The van der Waals surface area contributed by atoms with Crippen molar-refractivity contribution in [1.29, 1.82) is 0 Å². The molecule has 2 aromatic rings. The van der Waals surface area contributed by atoms with E-state index in [9.17, 15) is 9.59 Å². The predicted octanol–water partition coefficient (Wildman–Crippen LogP) is 3.89. The highest BCUT2D eigenvalue weighted by molar-refractivity contribution is 5.96. The number of carbonyl (C=O) groups is 2. The summed E-state index contributed by atoms with van der Waals surface area (Å²) in [7, 11) is 7.34. The summed E-state index contributed by atoms with van der Waals surface area (Å²) < 4.78 is 68.7. The quantitative estimate of drug-likeness (QED) is 0.435. The van der Waals surface area contributed by atoms with E-state index < -0.39 is 11.9 Å². The molecule has 260 valence electrons. The summed E-state index contributed by atoms with van der Waals surface area (Å²) in [6.07, 6.45) is 1.80. The lowest BCUT2D eigenvalue weighted by Gasteiger charge is -2.26. The molecule has 2 unspecified atom stereocenters. The highest BCUT2D eigenvalue weighted by Gasteiger charge is 2.37. The Hall–Kier alpha value is -4.04. The van der Waals surface area contributed by atoms with Crippen LogP contribution < -0.4 is 33.7 Å². The van der Waals surface area contributed by atoms with Crippen molar-refractivity contribution in [1.82, 2.24) is 15.1 Å². The zero-order valence-corrected chi connectivity index (χ0v) is 27.7. The first-order chi connectivity index (χ1) is 22.6. The smallest absolute Gasteiger partial charge is 0.338 e. The average Bonchev–Trinajstić information content (AvgIpc) is 3.21. The number of alkyl halides is 2. The van der Waals surface area contributed by atoms with Crippen molar-refractivity contribution in [2.75, 3.05) is 88.0 Å². The van der Waals surface area contributed by atoms with Crippen LogP contribution >= 0.6 is 0 Å². The molecule has 2 aliphatic heterocycles. The van der Waals surface area contributed by atoms with Gasteiger partial charge in [-0.1, -0.05) is 0 Å². The fraction of sp³-hybridized carbons (Fsp3) is 0.576. The first-order valence-corrected chi connectivity index (χ1v) is 15.6. The molecule has 0 aliphatic carbocycles. The third-order valence-electron chi connectivity index (χ3n) is 8.19. The molecule has 12 nitrogen and oxygen atoms in total. The van der Waals surface area contributed by atoms with Crippen LogP contribution in [-0.2, 0) is 4.74 Å². The minimum atomic E-state index is -2.92. The number of ether oxygens (including phenoxy) is 7. The number of benzene rings is 2. The highest BCUT2D eigenvalue weighted by atomic mass is 19.3. The molecule has 1 fully saturated rings. The predicted molar refractivity (Wildman–Crippen MR) is 169 cm³/mol. The molecular weight excluding hydrogens is 620 g/mol. The van der Waals surface area contributed by atoms with E-state index in [1.54, 1.807) is 21.9 Å². The van der Waals surface area contributed by atoms with Crippen LogP contribution in [0.4, 0.5) is 8.78 Å². The monoisotopic (exact) mass is 665 g/mol. The Balaban J connectivity index is 1.59. The van der Waals surface area contributed by atoms with Crippen molar-refractivity contribution < 1.29 is 51.5 Å². The summed E-state index contributed by atoms with van der Waals surface area (Å²) in [5.41, 5.74) is 0.506. The standard InChI is InChI=1S/C33H45F2N3O9/c1-41-25-16-22(17-26(42-2)29(25)44-4)31(39)36-24-8-6-14-46-28-19-23(18-27(43-3)30(28)45-5)32(40)47-15-7-10-37-12-13-38(11-9-24)21-33(34,35)20-37/h16-19,24H,6-15,20-21H2,1-5H3,(H,36,39)/t24-/m1/s1. The Labute approximate surface area is 274 Å². The number of nitrogens with zero attached hydrogens (tertiary/aromatic N) is 2. The second kappa shape index (κ2) is 16.7. The molecular formula is C33H45F2N3O9. The number of halogens is 2. The van der Waals surface area contributed by atoms with Crippen LogP contribution in [0.3, 0.4) is 0 Å². The van der Waals surface area contributed by atoms with Gasteiger partial charge in [-0.2, -0.15) is 0 Å². The van der Waals surface area contributed by atoms with Gasteiger partial charge in [0.15, 0.2) is 23.0 Å². The topological polar surface area (TPSA) is 117 Å². The van der Waals surface area contributed by atoms with E-state index in [0.717, 1.165) is 0 Å². The Morgan fingerprint density at radius 3 is 1.98 bits per heavy atom. The van der Waals surface area contributed by atoms with E-state index in [-0.39, 0.29) is 43.8 Å². The van der Waals surface area contributed by atoms with Gasteiger partial charge in [0.25, 0.3) is 11.8 Å². The number of esters is 1. The maximum atomic E-state index is 15.0. The van der Waals surface area contributed by atoms with E-state index in [1.807, 2.05) is 0 Å². The number of hydrogen-bond acceptors (Lipinski definition) is 11. The van der Waals surface area contributed by atoms with E-state index in [2.05, 4.69) is 5.32 Å². The van der Waals surface area contributed by atoms with Crippen molar-refractivity contribution in [2.24, 2.45) is 0 Å². The van der Waals surface area contributed by atoms with Crippen LogP contribution in [0.5, 0.6) is 34.5 Å². The summed E-state index contributed by atoms with van der Waals surface area (Å²) in [5, 5.41) is 3.07. The van der Waals surface area contributed by atoms with E-state index in [1.165, 1.54) is 47.7 Å². The fourth-order valence-corrected chi connectivity index (χ4v) is 5.84. The number of carbonyl (C=O) groups excluding carboxylic acids is 2. The van der Waals surface area contributed by atoms with Gasteiger partial charge in [0, 0.05) is 37.8 Å². The minimum Gasteiger partial charge on any atom is -0.493 e. The molecule has 14 heteroatoms. The van der Waals surface area contributed by atoms with E-state index >= 15 is 8.78 Å². The molecule has 3 atom stereocenters. The number of nitrogens with one attached hydrogen (secondary N) is 1. The minimum absolute atomic E-state index is 0.0719. The molecule has 4 rings (SSSR count). The zero-order valence-electron chi connectivity index (χ0n) is 27.7. The maximum absolute atomic E-state index is 15.0. The highest BCUT2D eigenvalue weighted by Crippen LogP contribution is 2.39. The number of hydrogen-bond donors (Lipinski definition) is 1. The first-order valence-electron chi connectivity index (χ1n) is 15.6. The van der Waals surface area contributed by atoms with Crippen LogP contribution in [0.2, 0.25) is 0 Å². The molecule has 1 amide bonds. The second-order valence-corrected chi connectivity index (χ2v) is 11.5. The molecule has 1 N–H and O–H groups in total. The lowest BCUT2D eigenvalue weighted by molar-refractivity contribution is -0.0389. The van der Waals surface area contributed by atoms with Gasteiger partial charge in [-0.3, -0.25) is 14.6 Å². The van der Waals surface area contributed by atoms with Crippen LogP contribution in [0.1, 0.15) is 46.4 Å². The second-order valence-electron chi connectivity index (χ2n) is 11.5. The van der Waals surface area contributed by atoms with Gasteiger partial charge in [-0.25, -0.2) is 13.6 Å². The molecule has 2 aromatic carbocycles. The van der Waals surface area contributed by atoms with Crippen molar-refractivity contribution in [3.8, 4) is 34.5 Å². The van der Waals surface area contributed by atoms with Crippen LogP contribution in [0, 0.1) is 0 Å². The van der Waals surface area contributed by atoms with Crippen molar-refractivity contribution in [2.45, 2.75) is 37.6 Å². The van der Waals surface area contributed by atoms with Gasteiger partial charge < -0.3 is 38.5 Å². The molecule has 4 bridgehead atoms. The van der Waals surface area contributed by atoms with Gasteiger partial charge in [0.1, 0.15) is 0 Å². The summed E-state index contributed by atoms with van der Waals surface area (Å²) in [5.74, 6) is -1.93. The fourth-order valence-electron chi connectivity index (χ4n) is 5.84. The van der Waals surface area contributed by atoms with Gasteiger partial charge in [0.05, 0.1) is 67.4 Å². The average molecular weight is 666 g/mol. The zero-order chi connectivity index (χ0) is 34.0. The Bertz CT molecular complexity index is 1350. The van der Waals surface area contributed by atoms with Gasteiger partial charge >= 0.3 is 5.97 Å². The Kier molecular flexibility index (Phi) is 12.7. The number of amides is 1. The maximum Gasteiger partial charge on any atom is 0.338 e. The molecule has 0 radical (unpaired) electrons. The third kappa shape index (κ3) is 9.50. The molecule has 0 saturated carbocycles. The van der Waals surface area contributed by atoms with Crippen LogP contribution in [0.25, 0.3) is 0 Å². The van der Waals surface area contributed by atoms with Crippen LogP contribution in [0.15, 0.2) is 24.3 Å². The summed E-state index contributed by atoms with van der Waals surface area (Å²) >= 11 is 0. The Morgan fingerprint density at radius 2 is 1.36 bits per heavy atom.